The van der Waals surface area contributed by atoms with E-state index in [-0.39, 0.29) is 17.5 Å². The molecule has 1 aliphatic rings. The van der Waals surface area contributed by atoms with E-state index in [1.807, 2.05) is 38.1 Å². The maximum atomic E-state index is 12.6. The van der Waals surface area contributed by atoms with Gasteiger partial charge in [0.25, 0.3) is 11.8 Å². The average molecular weight is 395 g/mol. The highest BCUT2D eigenvalue weighted by Gasteiger charge is 2.16. The van der Waals surface area contributed by atoms with Crippen LogP contribution in [0.1, 0.15) is 54.5 Å². The first-order valence-electron chi connectivity index (χ1n) is 10.3. The topological polar surface area (TPSA) is 74.3 Å². The molecule has 2 amide bonds. The van der Waals surface area contributed by atoms with E-state index < -0.39 is 0 Å². The zero-order chi connectivity index (χ0) is 20.8. The molecule has 1 saturated heterocycles. The van der Waals surface area contributed by atoms with Crippen molar-refractivity contribution in [3.05, 3.63) is 53.9 Å². The molecule has 1 fully saturated rings. The largest absolute Gasteiger partial charge is 0.372 e. The third-order valence-electron chi connectivity index (χ3n) is 5.20. The first-order chi connectivity index (χ1) is 13.9. The van der Waals surface area contributed by atoms with Crippen LogP contribution >= 0.6 is 0 Å². The van der Waals surface area contributed by atoms with E-state index in [9.17, 15) is 9.59 Å². The van der Waals surface area contributed by atoms with Crippen molar-refractivity contribution in [1.82, 2.24) is 10.3 Å². The number of pyridine rings is 1. The molecule has 1 aliphatic heterocycles. The third-order valence-corrected chi connectivity index (χ3v) is 5.20. The number of piperidine rings is 1. The number of benzene rings is 1. The Balaban J connectivity index is 1.61. The smallest absolute Gasteiger partial charge is 0.274 e. The molecule has 0 atom stereocenters. The van der Waals surface area contributed by atoms with Gasteiger partial charge in [-0.3, -0.25) is 14.6 Å². The predicted molar refractivity (Wildman–Crippen MR) is 116 cm³/mol. The Morgan fingerprint density at radius 1 is 1.10 bits per heavy atom. The molecule has 2 heterocycles. The second kappa shape index (κ2) is 9.54. The molecule has 154 valence electrons. The van der Waals surface area contributed by atoms with Gasteiger partial charge < -0.3 is 15.5 Å². The van der Waals surface area contributed by atoms with Gasteiger partial charge in [-0.2, -0.15) is 0 Å². The number of hydrogen-bond acceptors (Lipinski definition) is 4. The maximum absolute atomic E-state index is 12.6. The van der Waals surface area contributed by atoms with Crippen LogP contribution in [0.2, 0.25) is 0 Å². The van der Waals surface area contributed by atoms with E-state index in [1.165, 1.54) is 30.8 Å². The number of anilines is 2. The Bertz CT molecular complexity index is 840. The summed E-state index contributed by atoms with van der Waals surface area (Å²) in [6.45, 7) is 9.09. The van der Waals surface area contributed by atoms with Gasteiger partial charge in [0.2, 0.25) is 0 Å². The molecule has 0 saturated carbocycles. The van der Waals surface area contributed by atoms with Crippen LogP contribution in [0.15, 0.2) is 42.6 Å². The van der Waals surface area contributed by atoms with Crippen molar-refractivity contribution in [3.8, 4) is 0 Å². The van der Waals surface area contributed by atoms with E-state index in [1.54, 1.807) is 6.07 Å². The van der Waals surface area contributed by atoms with Crippen molar-refractivity contribution in [2.24, 2.45) is 11.8 Å². The quantitative estimate of drug-likeness (QED) is 0.778. The number of nitrogens with one attached hydrogen (secondary N) is 2. The molecule has 1 aromatic heterocycles. The van der Waals surface area contributed by atoms with Crippen LogP contribution in [-0.2, 0) is 0 Å². The van der Waals surface area contributed by atoms with Gasteiger partial charge >= 0.3 is 0 Å². The number of hydrogen-bond donors (Lipinski definition) is 2. The maximum Gasteiger partial charge on any atom is 0.274 e. The summed E-state index contributed by atoms with van der Waals surface area (Å²) in [6.07, 6.45) is 3.91. The fraction of sp³-hybridized carbons (Fsp3) is 0.435. The molecule has 6 heteroatoms. The number of amides is 2. The average Bonchev–Trinajstić information content (AvgIpc) is 2.73. The van der Waals surface area contributed by atoms with E-state index in [4.69, 9.17) is 0 Å². The van der Waals surface area contributed by atoms with Crippen LogP contribution < -0.4 is 15.5 Å². The molecule has 2 N–H and O–H groups in total. The van der Waals surface area contributed by atoms with E-state index in [0.717, 1.165) is 19.0 Å². The van der Waals surface area contributed by atoms with Crippen LogP contribution in [0.25, 0.3) is 0 Å². The Labute approximate surface area is 172 Å². The molecule has 0 bridgehead atoms. The monoisotopic (exact) mass is 394 g/mol. The number of carbonyl (C=O) groups excluding carboxylic acids is 2. The van der Waals surface area contributed by atoms with E-state index >= 15 is 0 Å². The fourth-order valence-electron chi connectivity index (χ4n) is 3.31. The minimum absolute atomic E-state index is 0.199. The molecule has 0 aliphatic carbocycles. The summed E-state index contributed by atoms with van der Waals surface area (Å²) in [5.74, 6) is 0.624. The van der Waals surface area contributed by atoms with Crippen molar-refractivity contribution in [2.45, 2.75) is 33.6 Å². The minimum atomic E-state index is -0.331. The summed E-state index contributed by atoms with van der Waals surface area (Å²) in [7, 11) is 0. The van der Waals surface area contributed by atoms with Crippen LogP contribution in [0, 0.1) is 11.8 Å². The molecule has 29 heavy (non-hydrogen) atoms. The molecule has 0 radical (unpaired) electrons. The summed E-state index contributed by atoms with van der Waals surface area (Å²) in [4.78, 5) is 31.3. The lowest BCUT2D eigenvalue weighted by Crippen LogP contribution is -2.32. The van der Waals surface area contributed by atoms with Gasteiger partial charge in [0.1, 0.15) is 5.69 Å². The molecule has 1 aromatic carbocycles. The molecule has 0 unspecified atom stereocenters. The van der Waals surface area contributed by atoms with E-state index in [2.05, 4.69) is 27.4 Å². The van der Waals surface area contributed by atoms with E-state index in [0.29, 0.717) is 23.7 Å². The van der Waals surface area contributed by atoms with Crippen LogP contribution in [0.5, 0.6) is 0 Å². The van der Waals surface area contributed by atoms with Gasteiger partial charge in [0, 0.05) is 42.8 Å². The SMILES string of the molecule is CC(C)CNC(=O)c1ccnc(C(=O)Nc2ccc(N3CCC(C)CC3)cc2)c1. The van der Waals surface area contributed by atoms with Crippen molar-refractivity contribution in [2.75, 3.05) is 29.9 Å². The van der Waals surface area contributed by atoms with Crippen molar-refractivity contribution in [3.63, 3.8) is 0 Å². The lowest BCUT2D eigenvalue weighted by molar-refractivity contribution is 0.0949. The van der Waals surface area contributed by atoms with Crippen LogP contribution in [0.4, 0.5) is 11.4 Å². The Kier molecular flexibility index (Phi) is 6.86. The van der Waals surface area contributed by atoms with Crippen LogP contribution in [-0.4, -0.2) is 36.4 Å². The summed E-state index contributed by atoms with van der Waals surface area (Å²) >= 11 is 0. The Morgan fingerprint density at radius 2 is 1.79 bits per heavy atom. The second-order valence-electron chi connectivity index (χ2n) is 8.20. The first kappa shape index (κ1) is 20.8. The summed E-state index contributed by atoms with van der Waals surface area (Å²) < 4.78 is 0. The summed E-state index contributed by atoms with van der Waals surface area (Å²) in [5, 5.41) is 5.71. The van der Waals surface area contributed by atoms with Gasteiger partial charge in [-0.15, -0.1) is 0 Å². The molecule has 3 rings (SSSR count). The van der Waals surface area contributed by atoms with Gasteiger partial charge in [-0.05, 0) is 61.1 Å². The second-order valence-corrected chi connectivity index (χ2v) is 8.20. The highest BCUT2D eigenvalue weighted by atomic mass is 16.2. The zero-order valence-corrected chi connectivity index (χ0v) is 17.4. The molecular weight excluding hydrogens is 364 g/mol. The normalized spacial score (nSPS) is 14.7. The highest BCUT2D eigenvalue weighted by molar-refractivity contribution is 6.04. The molecular formula is C23H30N4O2. The summed E-state index contributed by atoms with van der Waals surface area (Å²) in [5.41, 5.74) is 2.54. The van der Waals surface area contributed by atoms with Crippen LogP contribution in [0.3, 0.4) is 0 Å². The number of nitrogens with zero attached hydrogens (tertiary/aromatic N) is 2. The van der Waals surface area contributed by atoms with Crippen molar-refractivity contribution in [1.29, 1.82) is 0 Å². The van der Waals surface area contributed by atoms with Crippen molar-refractivity contribution >= 4 is 23.2 Å². The van der Waals surface area contributed by atoms with Crippen molar-refractivity contribution < 1.29 is 9.59 Å². The number of rotatable bonds is 6. The Hall–Kier alpha value is -2.89. The third kappa shape index (κ3) is 5.79. The van der Waals surface area contributed by atoms with Gasteiger partial charge in [-0.1, -0.05) is 20.8 Å². The molecule has 2 aromatic rings. The lowest BCUT2D eigenvalue weighted by atomic mass is 9.99. The molecule has 6 nitrogen and oxygen atoms in total. The highest BCUT2D eigenvalue weighted by Crippen LogP contribution is 2.24. The first-order valence-corrected chi connectivity index (χ1v) is 10.3. The predicted octanol–water partition coefficient (Wildman–Crippen LogP) is 3.96. The number of carbonyl (C=O) groups is 2. The summed E-state index contributed by atoms with van der Waals surface area (Å²) in [6, 6.07) is 11.0. The van der Waals surface area contributed by atoms with Gasteiger partial charge in [0.15, 0.2) is 0 Å². The Morgan fingerprint density at radius 3 is 2.45 bits per heavy atom. The minimum Gasteiger partial charge on any atom is -0.372 e. The fourth-order valence-corrected chi connectivity index (χ4v) is 3.31. The zero-order valence-electron chi connectivity index (χ0n) is 17.4. The van der Waals surface area contributed by atoms with Gasteiger partial charge in [0.05, 0.1) is 0 Å². The van der Waals surface area contributed by atoms with Gasteiger partial charge in [-0.25, -0.2) is 0 Å². The lowest BCUT2D eigenvalue weighted by Gasteiger charge is -2.32. The standard InChI is InChI=1S/C23H30N4O2/c1-16(2)15-25-22(28)18-8-11-24-21(14-18)23(29)26-19-4-6-20(7-5-19)27-12-9-17(3)10-13-27/h4-8,11,14,16-17H,9-10,12-13,15H2,1-3H3,(H,25,28)(H,26,29). The number of aromatic nitrogens is 1. The molecule has 0 spiro atoms.